The van der Waals surface area contributed by atoms with Crippen molar-refractivity contribution in [2.75, 3.05) is 5.32 Å². The third-order valence-electron chi connectivity index (χ3n) is 1.94. The summed E-state index contributed by atoms with van der Waals surface area (Å²) in [5.74, 6) is 0.813. The molecule has 0 unspecified atom stereocenters. The van der Waals surface area contributed by atoms with Crippen LogP contribution >= 0.6 is 22.9 Å². The lowest BCUT2D eigenvalue weighted by Gasteiger charge is -1.97. The van der Waals surface area contributed by atoms with Crippen LogP contribution in [0, 0.1) is 0 Å². The molecule has 0 aliphatic heterocycles. The third kappa shape index (κ3) is 2.73. The second-order valence-electron chi connectivity index (χ2n) is 3.04. The van der Waals surface area contributed by atoms with E-state index >= 15 is 0 Å². The van der Waals surface area contributed by atoms with Gasteiger partial charge in [-0.05, 0) is 30.2 Å². The molecule has 1 N–H and O–H groups in total. The molecule has 0 atom stereocenters. The van der Waals surface area contributed by atoms with Crippen molar-refractivity contribution in [2.24, 2.45) is 0 Å². The van der Waals surface area contributed by atoms with Gasteiger partial charge in [-0.3, -0.25) is 0 Å². The fourth-order valence-electron chi connectivity index (χ4n) is 1.16. The molecule has 0 radical (unpaired) electrons. The first-order chi connectivity index (χ1) is 7.28. The average Bonchev–Trinajstić information content (AvgIpc) is 2.83. The lowest BCUT2D eigenvalue weighted by Crippen LogP contribution is -1.96. The predicted octanol–water partition coefficient (Wildman–Crippen LogP) is 3.56. The number of rotatable bonds is 4. The topological polar surface area (TPSA) is 38.1 Å². The van der Waals surface area contributed by atoms with Crippen molar-refractivity contribution in [3.05, 3.63) is 34.2 Å². The Balaban J connectivity index is 1.93. The van der Waals surface area contributed by atoms with Crippen molar-refractivity contribution in [3.8, 4) is 0 Å². The minimum atomic E-state index is 0.417. The zero-order valence-corrected chi connectivity index (χ0v) is 9.86. The molecule has 3 nitrogen and oxygen atoms in total. The molecule has 0 spiro atoms. The molecule has 2 heterocycles. The summed E-state index contributed by atoms with van der Waals surface area (Å²) in [4.78, 5) is 5.51. The molecule has 0 fully saturated rings. The first-order valence-electron chi connectivity index (χ1n) is 4.70. The maximum absolute atomic E-state index is 5.66. The smallest absolute Gasteiger partial charge is 0.193 e. The molecule has 5 heteroatoms. The monoisotopic (exact) mass is 242 g/mol. The summed E-state index contributed by atoms with van der Waals surface area (Å²) >= 11 is 7.32. The number of anilines is 1. The highest BCUT2D eigenvalue weighted by molar-refractivity contribution is 7.15. The van der Waals surface area contributed by atoms with Gasteiger partial charge in [0, 0.05) is 11.1 Å². The van der Waals surface area contributed by atoms with Crippen molar-refractivity contribution in [1.29, 1.82) is 0 Å². The summed E-state index contributed by atoms with van der Waals surface area (Å²) in [6, 6.07) is 3.58. The Kier molecular flexibility index (Phi) is 3.28. The van der Waals surface area contributed by atoms with Crippen molar-refractivity contribution in [1.82, 2.24) is 4.98 Å². The molecular formula is C10H11ClN2OS. The van der Waals surface area contributed by atoms with E-state index in [1.54, 1.807) is 17.4 Å². The van der Waals surface area contributed by atoms with Crippen LogP contribution in [0.5, 0.6) is 0 Å². The lowest BCUT2D eigenvalue weighted by atomic mass is 10.4. The number of nitrogens with zero attached hydrogens (tertiary/aromatic N) is 1. The number of hydrogen-bond donors (Lipinski definition) is 1. The van der Waals surface area contributed by atoms with Crippen LogP contribution in [0.2, 0.25) is 5.22 Å². The van der Waals surface area contributed by atoms with E-state index in [4.69, 9.17) is 16.0 Å². The van der Waals surface area contributed by atoms with Gasteiger partial charge < -0.3 is 9.73 Å². The molecule has 15 heavy (non-hydrogen) atoms. The molecule has 0 amide bonds. The molecule has 0 saturated carbocycles. The first-order valence-corrected chi connectivity index (χ1v) is 5.90. The molecule has 2 rings (SSSR count). The van der Waals surface area contributed by atoms with Crippen LogP contribution in [0.4, 0.5) is 5.13 Å². The summed E-state index contributed by atoms with van der Waals surface area (Å²) < 4.78 is 5.22. The highest BCUT2D eigenvalue weighted by atomic mass is 35.5. The number of nitrogens with one attached hydrogen (secondary N) is 1. The second kappa shape index (κ2) is 4.68. The molecule has 0 aromatic carbocycles. The molecule has 0 aliphatic carbocycles. The summed E-state index contributed by atoms with van der Waals surface area (Å²) in [5, 5.41) is 4.52. The standard InChI is InChI=1S/C10H11ClN2OS/c1-2-8-6-13-10(15-8)12-5-7-3-4-9(11)14-7/h3-4,6H,2,5H2,1H3,(H,12,13). The maximum Gasteiger partial charge on any atom is 0.193 e. The summed E-state index contributed by atoms with van der Waals surface area (Å²) in [6.45, 7) is 2.73. The van der Waals surface area contributed by atoms with Crippen molar-refractivity contribution in [2.45, 2.75) is 19.9 Å². The van der Waals surface area contributed by atoms with Gasteiger partial charge in [0.1, 0.15) is 5.76 Å². The van der Waals surface area contributed by atoms with E-state index in [1.807, 2.05) is 12.3 Å². The minimum Gasteiger partial charge on any atom is -0.448 e. The Hall–Kier alpha value is -1.00. The van der Waals surface area contributed by atoms with Crippen LogP contribution < -0.4 is 5.32 Å². The normalized spacial score (nSPS) is 10.5. The highest BCUT2D eigenvalue weighted by Gasteiger charge is 2.02. The average molecular weight is 243 g/mol. The van der Waals surface area contributed by atoms with Gasteiger partial charge in [0.25, 0.3) is 0 Å². The molecule has 0 aliphatic rings. The molecule has 2 aromatic heterocycles. The largest absolute Gasteiger partial charge is 0.448 e. The quantitative estimate of drug-likeness (QED) is 0.891. The number of halogens is 1. The molecule has 0 bridgehead atoms. The van der Waals surface area contributed by atoms with Crippen molar-refractivity contribution >= 4 is 28.1 Å². The SMILES string of the molecule is CCc1cnc(NCc2ccc(Cl)o2)s1. The van der Waals surface area contributed by atoms with E-state index in [9.17, 15) is 0 Å². The number of thiazole rings is 1. The fourth-order valence-corrected chi connectivity index (χ4v) is 2.07. The van der Waals surface area contributed by atoms with Crippen LogP contribution in [-0.2, 0) is 13.0 Å². The third-order valence-corrected chi connectivity index (χ3v) is 3.25. The fraction of sp³-hybridized carbons (Fsp3) is 0.300. The van der Waals surface area contributed by atoms with E-state index in [0.29, 0.717) is 11.8 Å². The number of aromatic nitrogens is 1. The zero-order valence-electron chi connectivity index (χ0n) is 8.29. The highest BCUT2D eigenvalue weighted by Crippen LogP contribution is 2.20. The van der Waals surface area contributed by atoms with Crippen LogP contribution in [0.15, 0.2) is 22.7 Å². The van der Waals surface area contributed by atoms with E-state index in [1.165, 1.54) is 4.88 Å². The van der Waals surface area contributed by atoms with E-state index < -0.39 is 0 Å². The van der Waals surface area contributed by atoms with E-state index in [0.717, 1.165) is 17.3 Å². The minimum absolute atomic E-state index is 0.417. The maximum atomic E-state index is 5.66. The van der Waals surface area contributed by atoms with Gasteiger partial charge in [-0.15, -0.1) is 11.3 Å². The summed E-state index contributed by atoms with van der Waals surface area (Å²) in [7, 11) is 0. The summed E-state index contributed by atoms with van der Waals surface area (Å²) in [5.41, 5.74) is 0. The Labute approximate surface area is 97.1 Å². The van der Waals surface area contributed by atoms with E-state index in [2.05, 4.69) is 17.2 Å². The van der Waals surface area contributed by atoms with Crippen LogP contribution in [0.25, 0.3) is 0 Å². The van der Waals surface area contributed by atoms with E-state index in [-0.39, 0.29) is 0 Å². The molecule has 2 aromatic rings. The molecule has 80 valence electrons. The molecular weight excluding hydrogens is 232 g/mol. The second-order valence-corrected chi connectivity index (χ2v) is 4.53. The number of furan rings is 1. The van der Waals surface area contributed by atoms with Gasteiger partial charge in [0.05, 0.1) is 6.54 Å². The van der Waals surface area contributed by atoms with Crippen LogP contribution in [0.3, 0.4) is 0 Å². The Morgan fingerprint density at radius 3 is 3.00 bits per heavy atom. The van der Waals surface area contributed by atoms with Gasteiger partial charge in [-0.1, -0.05) is 6.92 Å². The Morgan fingerprint density at radius 1 is 1.53 bits per heavy atom. The summed E-state index contributed by atoms with van der Waals surface area (Å²) in [6.07, 6.45) is 2.91. The molecule has 0 saturated heterocycles. The van der Waals surface area contributed by atoms with Crippen molar-refractivity contribution < 1.29 is 4.42 Å². The van der Waals surface area contributed by atoms with Gasteiger partial charge in [-0.2, -0.15) is 0 Å². The predicted molar refractivity (Wildman–Crippen MR) is 62.5 cm³/mol. The first kappa shape index (κ1) is 10.5. The van der Waals surface area contributed by atoms with Gasteiger partial charge >= 0.3 is 0 Å². The zero-order chi connectivity index (χ0) is 10.7. The van der Waals surface area contributed by atoms with Crippen LogP contribution in [-0.4, -0.2) is 4.98 Å². The lowest BCUT2D eigenvalue weighted by molar-refractivity contribution is 0.520. The Morgan fingerprint density at radius 2 is 2.40 bits per heavy atom. The van der Waals surface area contributed by atoms with Crippen molar-refractivity contribution in [3.63, 3.8) is 0 Å². The Bertz CT molecular complexity index is 438. The van der Waals surface area contributed by atoms with Gasteiger partial charge in [-0.25, -0.2) is 4.98 Å². The van der Waals surface area contributed by atoms with Gasteiger partial charge in [0.2, 0.25) is 0 Å². The number of aryl methyl sites for hydroxylation is 1. The number of hydrogen-bond acceptors (Lipinski definition) is 4. The van der Waals surface area contributed by atoms with Gasteiger partial charge in [0.15, 0.2) is 10.4 Å². The van der Waals surface area contributed by atoms with Crippen LogP contribution in [0.1, 0.15) is 17.6 Å².